The first kappa shape index (κ1) is 19.7. The molecule has 1 N–H and O–H groups in total. The second kappa shape index (κ2) is 7.51. The molecule has 0 bridgehead atoms. The molecule has 148 valence electrons. The standard InChI is InChI=1S/C19H23N5O4/c1-5-15-20-21-16(28-15)11-23(4)17(25)13-8-7-9-14(10-13)24-18(26)19(27,6-2)12(3)22-24/h7-10,27H,5-6,11H2,1-4H3/t19-/m1/s1. The Bertz CT molecular complexity index is 938. The molecule has 9 heteroatoms. The molecule has 0 unspecified atom stereocenters. The Morgan fingerprint density at radius 2 is 2.00 bits per heavy atom. The van der Waals surface area contributed by atoms with Gasteiger partial charge in [0.15, 0.2) is 5.60 Å². The van der Waals surface area contributed by atoms with Crippen LogP contribution < -0.4 is 5.01 Å². The predicted octanol–water partition coefficient (Wildman–Crippen LogP) is 1.77. The van der Waals surface area contributed by atoms with E-state index >= 15 is 0 Å². The van der Waals surface area contributed by atoms with Gasteiger partial charge >= 0.3 is 0 Å². The Kier molecular flexibility index (Phi) is 5.28. The van der Waals surface area contributed by atoms with Gasteiger partial charge in [-0.25, -0.2) is 0 Å². The normalized spacial score (nSPS) is 19.1. The van der Waals surface area contributed by atoms with Crippen LogP contribution in [0.1, 0.15) is 49.3 Å². The van der Waals surface area contributed by atoms with Crippen LogP contribution in [0.15, 0.2) is 33.8 Å². The maximum absolute atomic E-state index is 12.8. The largest absolute Gasteiger partial charge is 0.423 e. The number of nitrogens with zero attached hydrogens (tertiary/aromatic N) is 5. The Hall–Kier alpha value is -3.07. The Labute approximate surface area is 162 Å². The van der Waals surface area contributed by atoms with Crippen molar-refractivity contribution in [2.45, 2.75) is 45.8 Å². The van der Waals surface area contributed by atoms with Crippen LogP contribution in [0.4, 0.5) is 5.69 Å². The number of hydrazone groups is 1. The average molecular weight is 385 g/mol. The van der Waals surface area contributed by atoms with E-state index < -0.39 is 11.5 Å². The number of aryl methyl sites for hydroxylation is 1. The Balaban J connectivity index is 1.79. The highest BCUT2D eigenvalue weighted by atomic mass is 16.4. The van der Waals surface area contributed by atoms with Crippen LogP contribution in [-0.4, -0.2) is 50.4 Å². The lowest BCUT2D eigenvalue weighted by Gasteiger charge is -2.21. The summed E-state index contributed by atoms with van der Waals surface area (Å²) < 4.78 is 5.44. The third-order valence-electron chi connectivity index (χ3n) is 4.77. The minimum atomic E-state index is -1.61. The number of carbonyl (C=O) groups is 2. The van der Waals surface area contributed by atoms with E-state index in [0.29, 0.717) is 35.2 Å². The molecule has 1 aromatic heterocycles. The lowest BCUT2D eigenvalue weighted by molar-refractivity contribution is -0.129. The number of hydrogen-bond acceptors (Lipinski definition) is 7. The predicted molar refractivity (Wildman–Crippen MR) is 102 cm³/mol. The Morgan fingerprint density at radius 1 is 1.29 bits per heavy atom. The van der Waals surface area contributed by atoms with Crippen molar-refractivity contribution < 1.29 is 19.1 Å². The second-order valence-corrected chi connectivity index (χ2v) is 6.67. The molecule has 1 aliphatic rings. The van der Waals surface area contributed by atoms with E-state index in [1.807, 2.05) is 6.92 Å². The number of benzene rings is 1. The number of aliphatic hydroxyl groups is 1. The fraction of sp³-hybridized carbons (Fsp3) is 0.421. The van der Waals surface area contributed by atoms with Crippen LogP contribution in [0.3, 0.4) is 0 Å². The summed E-state index contributed by atoms with van der Waals surface area (Å²) in [5.41, 5.74) is -0.481. The molecule has 2 heterocycles. The number of rotatable bonds is 6. The number of hydrogen-bond donors (Lipinski definition) is 1. The van der Waals surface area contributed by atoms with Gasteiger partial charge in [0.05, 0.1) is 17.9 Å². The van der Waals surface area contributed by atoms with Crippen molar-refractivity contribution in [3.63, 3.8) is 0 Å². The fourth-order valence-corrected chi connectivity index (χ4v) is 2.95. The van der Waals surface area contributed by atoms with Crippen LogP contribution in [-0.2, 0) is 17.8 Å². The molecule has 0 fully saturated rings. The van der Waals surface area contributed by atoms with E-state index in [1.54, 1.807) is 45.2 Å². The van der Waals surface area contributed by atoms with Crippen molar-refractivity contribution in [2.24, 2.45) is 5.10 Å². The SMILES string of the molecule is CCc1nnc(CN(C)C(=O)c2cccc(N3N=C(C)[C@](O)(CC)C3=O)c2)o1. The minimum Gasteiger partial charge on any atom is -0.423 e. The monoisotopic (exact) mass is 385 g/mol. The highest BCUT2D eigenvalue weighted by Crippen LogP contribution is 2.29. The first-order chi connectivity index (χ1) is 13.3. The van der Waals surface area contributed by atoms with Crippen LogP contribution >= 0.6 is 0 Å². The first-order valence-corrected chi connectivity index (χ1v) is 9.09. The molecule has 0 radical (unpaired) electrons. The average Bonchev–Trinajstić information content (AvgIpc) is 3.25. The summed E-state index contributed by atoms with van der Waals surface area (Å²) >= 11 is 0. The summed E-state index contributed by atoms with van der Waals surface area (Å²) in [7, 11) is 1.63. The zero-order valence-corrected chi connectivity index (χ0v) is 16.3. The second-order valence-electron chi connectivity index (χ2n) is 6.67. The summed E-state index contributed by atoms with van der Waals surface area (Å²) in [6.07, 6.45) is 0.851. The topological polar surface area (TPSA) is 112 Å². The molecular formula is C19H23N5O4. The zero-order chi connectivity index (χ0) is 20.5. The minimum absolute atomic E-state index is 0.172. The number of aromatic nitrogens is 2. The smallest absolute Gasteiger partial charge is 0.285 e. The number of anilines is 1. The first-order valence-electron chi connectivity index (χ1n) is 9.09. The third kappa shape index (κ3) is 3.40. The van der Waals surface area contributed by atoms with Gasteiger partial charge < -0.3 is 14.4 Å². The van der Waals surface area contributed by atoms with Crippen LogP contribution in [0.2, 0.25) is 0 Å². The molecule has 0 saturated carbocycles. The molecule has 9 nitrogen and oxygen atoms in total. The lowest BCUT2D eigenvalue weighted by atomic mass is 9.95. The van der Waals surface area contributed by atoms with Crippen LogP contribution in [0, 0.1) is 0 Å². The van der Waals surface area contributed by atoms with Crippen molar-refractivity contribution in [1.29, 1.82) is 0 Å². The van der Waals surface area contributed by atoms with Gasteiger partial charge in [0.25, 0.3) is 11.8 Å². The van der Waals surface area contributed by atoms with Gasteiger partial charge in [0.2, 0.25) is 11.8 Å². The molecular weight excluding hydrogens is 362 g/mol. The molecule has 0 saturated heterocycles. The summed E-state index contributed by atoms with van der Waals surface area (Å²) in [5, 5.41) is 23.6. The van der Waals surface area contributed by atoms with E-state index in [9.17, 15) is 14.7 Å². The van der Waals surface area contributed by atoms with Crippen molar-refractivity contribution in [1.82, 2.24) is 15.1 Å². The van der Waals surface area contributed by atoms with E-state index in [0.717, 1.165) is 5.01 Å². The summed E-state index contributed by atoms with van der Waals surface area (Å²) in [6.45, 7) is 5.41. The summed E-state index contributed by atoms with van der Waals surface area (Å²) in [5.74, 6) is 0.0773. The maximum atomic E-state index is 12.8. The number of amides is 2. The van der Waals surface area contributed by atoms with Crippen molar-refractivity contribution in [3.8, 4) is 0 Å². The summed E-state index contributed by atoms with van der Waals surface area (Å²) in [4.78, 5) is 26.8. The van der Waals surface area contributed by atoms with E-state index in [2.05, 4.69) is 15.3 Å². The molecule has 1 aliphatic heterocycles. The fourth-order valence-electron chi connectivity index (χ4n) is 2.95. The van der Waals surface area contributed by atoms with E-state index in [1.165, 1.54) is 4.90 Å². The Morgan fingerprint density at radius 3 is 2.61 bits per heavy atom. The maximum Gasteiger partial charge on any atom is 0.285 e. The van der Waals surface area contributed by atoms with E-state index in [-0.39, 0.29) is 18.9 Å². The van der Waals surface area contributed by atoms with Crippen molar-refractivity contribution in [3.05, 3.63) is 41.6 Å². The molecule has 2 aromatic rings. The van der Waals surface area contributed by atoms with Crippen molar-refractivity contribution >= 4 is 23.2 Å². The lowest BCUT2D eigenvalue weighted by Crippen LogP contribution is -2.45. The third-order valence-corrected chi connectivity index (χ3v) is 4.77. The molecule has 3 rings (SSSR count). The summed E-state index contributed by atoms with van der Waals surface area (Å²) in [6, 6.07) is 6.55. The highest BCUT2D eigenvalue weighted by molar-refractivity contribution is 6.21. The molecule has 0 aliphatic carbocycles. The highest BCUT2D eigenvalue weighted by Gasteiger charge is 2.46. The van der Waals surface area contributed by atoms with Crippen LogP contribution in [0.25, 0.3) is 0 Å². The molecule has 1 atom stereocenters. The van der Waals surface area contributed by atoms with Gasteiger partial charge in [-0.15, -0.1) is 10.2 Å². The molecule has 0 spiro atoms. The molecule has 2 amide bonds. The van der Waals surface area contributed by atoms with Gasteiger partial charge in [0, 0.05) is 19.0 Å². The van der Waals surface area contributed by atoms with Crippen LogP contribution in [0.5, 0.6) is 0 Å². The quantitative estimate of drug-likeness (QED) is 0.811. The number of carbonyl (C=O) groups excluding carboxylic acids is 2. The van der Waals surface area contributed by atoms with Gasteiger partial charge in [-0.3, -0.25) is 9.59 Å². The van der Waals surface area contributed by atoms with Crippen molar-refractivity contribution in [2.75, 3.05) is 12.1 Å². The van der Waals surface area contributed by atoms with Gasteiger partial charge in [-0.2, -0.15) is 10.1 Å². The molecule has 28 heavy (non-hydrogen) atoms. The molecule has 1 aromatic carbocycles. The van der Waals surface area contributed by atoms with Gasteiger partial charge in [-0.05, 0) is 31.5 Å². The zero-order valence-electron chi connectivity index (χ0n) is 16.3. The van der Waals surface area contributed by atoms with Gasteiger partial charge in [0.1, 0.15) is 0 Å². The van der Waals surface area contributed by atoms with Gasteiger partial charge in [-0.1, -0.05) is 19.9 Å². The van der Waals surface area contributed by atoms with E-state index in [4.69, 9.17) is 4.42 Å².